The molecule has 1 heterocycles. The second-order valence-electron chi connectivity index (χ2n) is 8.42. The average molecular weight is 482 g/mol. The SMILES string of the molecule is CCN(c1ccc(NC(=O)COC(=O)c2ccc3c(c2)C(=O)N(CCCOC)C3=O)cc1)C(C)C. The van der Waals surface area contributed by atoms with Gasteiger partial charge in [-0.25, -0.2) is 4.79 Å². The van der Waals surface area contributed by atoms with Crippen LogP contribution in [0.5, 0.6) is 0 Å². The zero-order valence-corrected chi connectivity index (χ0v) is 20.5. The molecular formula is C26H31N3O6. The van der Waals surface area contributed by atoms with E-state index in [4.69, 9.17) is 9.47 Å². The Morgan fingerprint density at radius 2 is 1.71 bits per heavy atom. The number of carbonyl (C=O) groups is 4. The van der Waals surface area contributed by atoms with Crippen LogP contribution in [0, 0.1) is 0 Å². The second kappa shape index (κ2) is 11.6. The first kappa shape index (κ1) is 25.9. The fourth-order valence-corrected chi connectivity index (χ4v) is 3.98. The van der Waals surface area contributed by atoms with E-state index in [1.54, 1.807) is 19.2 Å². The first-order valence-corrected chi connectivity index (χ1v) is 11.6. The van der Waals surface area contributed by atoms with Crippen LogP contribution in [-0.4, -0.2) is 68.0 Å². The number of nitrogens with one attached hydrogen (secondary N) is 1. The topological polar surface area (TPSA) is 105 Å². The monoisotopic (exact) mass is 481 g/mol. The van der Waals surface area contributed by atoms with Crippen molar-refractivity contribution in [1.29, 1.82) is 0 Å². The smallest absolute Gasteiger partial charge is 0.338 e. The molecule has 0 fully saturated rings. The molecule has 1 aliphatic heterocycles. The molecule has 3 amide bonds. The fraction of sp³-hybridized carbons (Fsp3) is 0.385. The molecule has 9 nitrogen and oxygen atoms in total. The van der Waals surface area contributed by atoms with Crippen LogP contribution in [0.2, 0.25) is 0 Å². The van der Waals surface area contributed by atoms with Crippen molar-refractivity contribution >= 4 is 35.1 Å². The van der Waals surface area contributed by atoms with E-state index in [2.05, 4.69) is 31.0 Å². The molecule has 2 aromatic carbocycles. The van der Waals surface area contributed by atoms with Crippen molar-refractivity contribution in [2.24, 2.45) is 0 Å². The molecule has 0 aromatic heterocycles. The normalized spacial score (nSPS) is 12.7. The molecule has 0 aliphatic carbocycles. The van der Waals surface area contributed by atoms with Crippen LogP contribution in [0.1, 0.15) is 58.3 Å². The molecule has 0 unspecified atom stereocenters. The molecule has 0 atom stereocenters. The van der Waals surface area contributed by atoms with Gasteiger partial charge in [0, 0.05) is 44.2 Å². The van der Waals surface area contributed by atoms with Gasteiger partial charge in [0.05, 0.1) is 16.7 Å². The summed E-state index contributed by atoms with van der Waals surface area (Å²) in [7, 11) is 1.55. The van der Waals surface area contributed by atoms with Crippen LogP contribution in [-0.2, 0) is 14.3 Å². The number of ether oxygens (including phenoxy) is 2. The largest absolute Gasteiger partial charge is 0.452 e. The summed E-state index contributed by atoms with van der Waals surface area (Å²) in [6.45, 7) is 7.34. The number of fused-ring (bicyclic) bond motifs is 1. The maximum Gasteiger partial charge on any atom is 0.338 e. The van der Waals surface area contributed by atoms with Crippen molar-refractivity contribution in [3.63, 3.8) is 0 Å². The van der Waals surface area contributed by atoms with Crippen LogP contribution >= 0.6 is 0 Å². The third-order valence-electron chi connectivity index (χ3n) is 5.72. The molecule has 1 aliphatic rings. The van der Waals surface area contributed by atoms with Gasteiger partial charge in [-0.3, -0.25) is 19.3 Å². The predicted octanol–water partition coefficient (Wildman–Crippen LogP) is 3.35. The van der Waals surface area contributed by atoms with E-state index in [9.17, 15) is 19.2 Å². The van der Waals surface area contributed by atoms with Gasteiger partial charge in [-0.2, -0.15) is 0 Å². The summed E-state index contributed by atoms with van der Waals surface area (Å²) in [5, 5.41) is 2.70. The summed E-state index contributed by atoms with van der Waals surface area (Å²) in [6, 6.07) is 12.0. The first-order chi connectivity index (χ1) is 16.8. The summed E-state index contributed by atoms with van der Waals surface area (Å²) in [5.74, 6) is -2.11. The number of hydrogen-bond acceptors (Lipinski definition) is 7. The molecule has 186 valence electrons. The van der Waals surface area contributed by atoms with Crippen LogP contribution in [0.4, 0.5) is 11.4 Å². The number of methoxy groups -OCH3 is 1. The zero-order valence-electron chi connectivity index (χ0n) is 20.5. The molecule has 3 rings (SSSR count). The van der Waals surface area contributed by atoms with Crippen LogP contribution in [0.3, 0.4) is 0 Å². The van der Waals surface area contributed by atoms with Gasteiger partial charge in [0.25, 0.3) is 17.7 Å². The summed E-state index contributed by atoms with van der Waals surface area (Å²) < 4.78 is 10.1. The number of amides is 3. The average Bonchev–Trinajstić information content (AvgIpc) is 3.08. The number of anilines is 2. The number of carbonyl (C=O) groups excluding carboxylic acids is 4. The molecule has 2 aromatic rings. The molecule has 0 radical (unpaired) electrons. The van der Waals surface area contributed by atoms with Crippen molar-refractivity contribution in [1.82, 2.24) is 4.90 Å². The highest BCUT2D eigenvalue weighted by molar-refractivity contribution is 6.22. The number of imide groups is 1. The lowest BCUT2D eigenvalue weighted by molar-refractivity contribution is -0.119. The quantitative estimate of drug-likeness (QED) is 0.298. The van der Waals surface area contributed by atoms with Crippen molar-refractivity contribution < 1.29 is 28.7 Å². The molecule has 0 saturated carbocycles. The molecule has 9 heteroatoms. The van der Waals surface area contributed by atoms with Gasteiger partial charge < -0.3 is 19.7 Å². The summed E-state index contributed by atoms with van der Waals surface area (Å²) >= 11 is 0. The van der Waals surface area contributed by atoms with Crippen LogP contribution in [0.15, 0.2) is 42.5 Å². The number of hydrogen-bond donors (Lipinski definition) is 1. The Balaban J connectivity index is 1.56. The highest BCUT2D eigenvalue weighted by atomic mass is 16.5. The predicted molar refractivity (Wildman–Crippen MR) is 132 cm³/mol. The molecule has 35 heavy (non-hydrogen) atoms. The lowest BCUT2D eigenvalue weighted by atomic mass is 10.1. The number of esters is 1. The second-order valence-corrected chi connectivity index (χ2v) is 8.42. The summed E-state index contributed by atoms with van der Waals surface area (Å²) in [5.41, 5.74) is 2.12. The van der Waals surface area contributed by atoms with Gasteiger partial charge in [0.2, 0.25) is 0 Å². The van der Waals surface area contributed by atoms with Crippen molar-refractivity contribution in [2.45, 2.75) is 33.2 Å². The van der Waals surface area contributed by atoms with E-state index in [0.29, 0.717) is 24.8 Å². The molecule has 0 spiro atoms. The summed E-state index contributed by atoms with van der Waals surface area (Å²) in [6.07, 6.45) is 0.517. The maximum absolute atomic E-state index is 12.6. The van der Waals surface area contributed by atoms with E-state index in [1.807, 2.05) is 12.1 Å². The van der Waals surface area contributed by atoms with Crippen LogP contribution in [0.25, 0.3) is 0 Å². The molecule has 1 N–H and O–H groups in total. The highest BCUT2D eigenvalue weighted by Gasteiger charge is 2.35. The van der Waals surface area contributed by atoms with E-state index in [1.165, 1.54) is 18.2 Å². The lowest BCUT2D eigenvalue weighted by Crippen LogP contribution is -2.31. The standard InChI is InChI=1S/C26H31N3O6/c1-5-28(17(2)3)20-10-8-19(9-11-20)27-23(30)16-35-26(33)18-7-12-21-22(15-18)25(32)29(24(21)31)13-6-14-34-4/h7-12,15,17H,5-6,13-14,16H2,1-4H3,(H,27,30). The van der Waals surface area contributed by atoms with Crippen molar-refractivity contribution in [3.8, 4) is 0 Å². The molecular weight excluding hydrogens is 450 g/mol. The highest BCUT2D eigenvalue weighted by Crippen LogP contribution is 2.25. The first-order valence-electron chi connectivity index (χ1n) is 11.6. The van der Waals surface area contributed by atoms with E-state index < -0.39 is 30.3 Å². The maximum atomic E-state index is 12.6. The van der Waals surface area contributed by atoms with E-state index in [-0.39, 0.29) is 23.2 Å². The fourth-order valence-electron chi connectivity index (χ4n) is 3.98. The Morgan fingerprint density at radius 1 is 1.03 bits per heavy atom. The Labute approximate surface area is 205 Å². The van der Waals surface area contributed by atoms with Crippen molar-refractivity contribution in [2.75, 3.05) is 43.6 Å². The van der Waals surface area contributed by atoms with Crippen molar-refractivity contribution in [3.05, 3.63) is 59.2 Å². The Morgan fingerprint density at radius 3 is 2.34 bits per heavy atom. The third-order valence-corrected chi connectivity index (χ3v) is 5.72. The van der Waals surface area contributed by atoms with Gasteiger partial charge >= 0.3 is 5.97 Å². The van der Waals surface area contributed by atoms with Gasteiger partial charge in [-0.05, 0) is 69.7 Å². The minimum Gasteiger partial charge on any atom is -0.452 e. The Bertz CT molecular complexity index is 1100. The zero-order chi connectivity index (χ0) is 25.5. The third kappa shape index (κ3) is 6.05. The number of benzene rings is 2. The van der Waals surface area contributed by atoms with Gasteiger partial charge in [-0.1, -0.05) is 0 Å². The minimum atomic E-state index is -0.757. The van der Waals surface area contributed by atoms with Crippen LogP contribution < -0.4 is 10.2 Å². The number of nitrogens with zero attached hydrogens (tertiary/aromatic N) is 2. The van der Waals surface area contributed by atoms with E-state index >= 15 is 0 Å². The molecule has 0 saturated heterocycles. The van der Waals surface area contributed by atoms with Gasteiger partial charge in [0.15, 0.2) is 6.61 Å². The lowest BCUT2D eigenvalue weighted by Gasteiger charge is -2.27. The minimum absolute atomic E-state index is 0.0918. The Hall–Kier alpha value is -3.72. The number of rotatable bonds is 11. The Kier molecular flexibility index (Phi) is 8.59. The van der Waals surface area contributed by atoms with Gasteiger partial charge in [-0.15, -0.1) is 0 Å². The van der Waals surface area contributed by atoms with E-state index in [0.717, 1.165) is 17.1 Å². The van der Waals surface area contributed by atoms with Gasteiger partial charge in [0.1, 0.15) is 0 Å². The molecule has 0 bridgehead atoms. The summed E-state index contributed by atoms with van der Waals surface area (Å²) in [4.78, 5) is 53.2.